The minimum absolute atomic E-state index is 0.128. The Kier molecular flexibility index (Phi) is 5.51. The van der Waals surface area contributed by atoms with E-state index in [1.807, 2.05) is 72.8 Å². The summed E-state index contributed by atoms with van der Waals surface area (Å²) >= 11 is 3.44. The van der Waals surface area contributed by atoms with Gasteiger partial charge in [0.25, 0.3) is 5.91 Å². The smallest absolute Gasteiger partial charge is 0.253 e. The number of rotatable bonds is 5. The van der Waals surface area contributed by atoms with Gasteiger partial charge < -0.3 is 10.1 Å². The molecule has 0 aliphatic carbocycles. The van der Waals surface area contributed by atoms with Gasteiger partial charge in [-0.3, -0.25) is 4.79 Å². The molecule has 0 radical (unpaired) electrons. The van der Waals surface area contributed by atoms with Crippen LogP contribution in [0.5, 0.6) is 5.75 Å². The molecule has 0 aliphatic rings. The second-order valence-corrected chi connectivity index (χ2v) is 6.42. The van der Waals surface area contributed by atoms with Gasteiger partial charge in [0.05, 0.1) is 18.7 Å². The van der Waals surface area contributed by atoms with Crippen LogP contribution in [0, 0.1) is 0 Å². The molecule has 0 bridgehead atoms. The van der Waals surface area contributed by atoms with Crippen LogP contribution in [0.4, 0.5) is 0 Å². The molecule has 3 aromatic carbocycles. The maximum absolute atomic E-state index is 12.8. The van der Waals surface area contributed by atoms with Gasteiger partial charge in [0.1, 0.15) is 5.75 Å². The van der Waals surface area contributed by atoms with Crippen molar-refractivity contribution in [3.05, 3.63) is 100 Å². The number of hydrogen-bond donors (Lipinski definition) is 1. The van der Waals surface area contributed by atoms with Crippen molar-refractivity contribution in [1.82, 2.24) is 5.32 Å². The van der Waals surface area contributed by atoms with Crippen LogP contribution in [0.2, 0.25) is 0 Å². The minimum Gasteiger partial charge on any atom is -0.497 e. The van der Waals surface area contributed by atoms with E-state index < -0.39 is 0 Å². The summed E-state index contributed by atoms with van der Waals surface area (Å²) in [5.41, 5.74) is 2.62. The number of ether oxygens (including phenoxy) is 1. The van der Waals surface area contributed by atoms with Gasteiger partial charge in [-0.2, -0.15) is 0 Å². The van der Waals surface area contributed by atoms with Gasteiger partial charge in [-0.1, -0.05) is 54.6 Å². The molecule has 3 rings (SSSR count). The number of carbonyl (C=O) groups is 1. The maximum atomic E-state index is 12.8. The molecule has 0 heterocycles. The Morgan fingerprint density at radius 1 is 0.880 bits per heavy atom. The lowest BCUT2D eigenvalue weighted by atomic mass is 9.98. The Morgan fingerprint density at radius 3 is 2.12 bits per heavy atom. The van der Waals surface area contributed by atoms with Gasteiger partial charge in [-0.15, -0.1) is 0 Å². The number of hydrogen-bond acceptors (Lipinski definition) is 2. The normalized spacial score (nSPS) is 11.6. The van der Waals surface area contributed by atoms with E-state index in [1.165, 1.54) is 0 Å². The number of carbonyl (C=O) groups excluding carboxylic acids is 1. The summed E-state index contributed by atoms with van der Waals surface area (Å²) in [5, 5.41) is 3.13. The summed E-state index contributed by atoms with van der Waals surface area (Å²) < 4.78 is 6.00. The van der Waals surface area contributed by atoms with E-state index in [0.29, 0.717) is 5.56 Å². The van der Waals surface area contributed by atoms with E-state index >= 15 is 0 Å². The monoisotopic (exact) mass is 395 g/mol. The van der Waals surface area contributed by atoms with E-state index in [0.717, 1.165) is 21.3 Å². The fourth-order valence-corrected chi connectivity index (χ4v) is 3.12. The molecule has 1 amide bonds. The van der Waals surface area contributed by atoms with Crippen LogP contribution in [-0.2, 0) is 0 Å². The standard InChI is InChI=1S/C21H18BrNO2/c1-25-17-13-11-16(12-14-17)20(15-7-3-2-4-8-15)23-21(24)18-9-5-6-10-19(18)22/h2-14,20H,1H3,(H,23,24). The van der Waals surface area contributed by atoms with Crippen LogP contribution in [0.15, 0.2) is 83.3 Å². The average Bonchev–Trinajstić information content (AvgIpc) is 2.67. The SMILES string of the molecule is COc1ccc(C(NC(=O)c2ccccc2Br)c2ccccc2)cc1. The summed E-state index contributed by atoms with van der Waals surface area (Å²) in [6.07, 6.45) is 0. The molecule has 1 unspecified atom stereocenters. The van der Waals surface area contributed by atoms with Crippen LogP contribution in [0.3, 0.4) is 0 Å². The zero-order valence-electron chi connectivity index (χ0n) is 13.8. The first-order valence-corrected chi connectivity index (χ1v) is 8.72. The number of methoxy groups -OCH3 is 1. The molecule has 126 valence electrons. The highest BCUT2D eigenvalue weighted by Gasteiger charge is 2.19. The molecule has 1 N–H and O–H groups in total. The van der Waals surface area contributed by atoms with Gasteiger partial charge in [0.2, 0.25) is 0 Å². The Balaban J connectivity index is 1.94. The number of amides is 1. The van der Waals surface area contributed by atoms with Crippen molar-refractivity contribution in [2.45, 2.75) is 6.04 Å². The third kappa shape index (κ3) is 4.09. The number of benzene rings is 3. The van der Waals surface area contributed by atoms with Crippen molar-refractivity contribution in [2.75, 3.05) is 7.11 Å². The van der Waals surface area contributed by atoms with E-state index in [9.17, 15) is 4.79 Å². The first kappa shape index (κ1) is 17.2. The average molecular weight is 396 g/mol. The lowest BCUT2D eigenvalue weighted by Crippen LogP contribution is -2.29. The predicted octanol–water partition coefficient (Wildman–Crippen LogP) is 4.98. The van der Waals surface area contributed by atoms with Gasteiger partial charge >= 0.3 is 0 Å². The zero-order valence-corrected chi connectivity index (χ0v) is 15.4. The second-order valence-electron chi connectivity index (χ2n) is 5.57. The van der Waals surface area contributed by atoms with Crippen LogP contribution < -0.4 is 10.1 Å². The summed E-state index contributed by atoms with van der Waals surface area (Å²) in [5.74, 6) is 0.657. The van der Waals surface area contributed by atoms with E-state index in [4.69, 9.17) is 4.74 Å². The lowest BCUT2D eigenvalue weighted by molar-refractivity contribution is 0.0942. The predicted molar refractivity (Wildman–Crippen MR) is 103 cm³/mol. The van der Waals surface area contributed by atoms with Crippen LogP contribution in [0.1, 0.15) is 27.5 Å². The molecule has 0 fully saturated rings. The minimum atomic E-state index is -0.244. The molecule has 0 aliphatic heterocycles. The summed E-state index contributed by atoms with van der Waals surface area (Å²) in [6, 6.07) is 24.8. The highest BCUT2D eigenvalue weighted by molar-refractivity contribution is 9.10. The number of nitrogens with one attached hydrogen (secondary N) is 1. The highest BCUT2D eigenvalue weighted by atomic mass is 79.9. The molecule has 3 nitrogen and oxygen atoms in total. The van der Waals surface area contributed by atoms with Crippen molar-refractivity contribution in [3.63, 3.8) is 0 Å². The number of halogens is 1. The molecule has 1 atom stereocenters. The first-order valence-electron chi connectivity index (χ1n) is 7.93. The van der Waals surface area contributed by atoms with Crippen LogP contribution in [-0.4, -0.2) is 13.0 Å². The van der Waals surface area contributed by atoms with Crippen molar-refractivity contribution < 1.29 is 9.53 Å². The summed E-state index contributed by atoms with van der Waals surface area (Å²) in [4.78, 5) is 12.8. The van der Waals surface area contributed by atoms with Crippen LogP contribution >= 0.6 is 15.9 Å². The topological polar surface area (TPSA) is 38.3 Å². The zero-order chi connectivity index (χ0) is 17.6. The molecule has 0 saturated carbocycles. The van der Waals surface area contributed by atoms with Crippen molar-refractivity contribution in [1.29, 1.82) is 0 Å². The highest BCUT2D eigenvalue weighted by Crippen LogP contribution is 2.25. The quantitative estimate of drug-likeness (QED) is 0.661. The third-order valence-corrected chi connectivity index (χ3v) is 4.67. The molecular formula is C21H18BrNO2. The lowest BCUT2D eigenvalue weighted by Gasteiger charge is -2.20. The van der Waals surface area contributed by atoms with Gasteiger partial charge in [-0.05, 0) is 51.3 Å². The Bertz CT molecular complexity index is 847. The Labute approximate surface area is 155 Å². The fourth-order valence-electron chi connectivity index (χ4n) is 2.66. The molecule has 0 saturated heterocycles. The summed E-state index contributed by atoms with van der Waals surface area (Å²) in [7, 11) is 1.64. The van der Waals surface area contributed by atoms with Crippen LogP contribution in [0.25, 0.3) is 0 Å². The maximum Gasteiger partial charge on any atom is 0.253 e. The first-order chi connectivity index (χ1) is 12.2. The van der Waals surface area contributed by atoms with Gasteiger partial charge in [0.15, 0.2) is 0 Å². The molecule has 4 heteroatoms. The van der Waals surface area contributed by atoms with Gasteiger partial charge in [0, 0.05) is 4.47 Å². The third-order valence-electron chi connectivity index (χ3n) is 3.98. The Hall–Kier alpha value is -2.59. The molecule has 25 heavy (non-hydrogen) atoms. The molecule has 0 aromatic heterocycles. The van der Waals surface area contributed by atoms with Crippen molar-refractivity contribution in [3.8, 4) is 5.75 Å². The second kappa shape index (κ2) is 7.99. The van der Waals surface area contributed by atoms with Crippen molar-refractivity contribution in [2.24, 2.45) is 0 Å². The van der Waals surface area contributed by atoms with E-state index in [-0.39, 0.29) is 11.9 Å². The largest absolute Gasteiger partial charge is 0.497 e. The van der Waals surface area contributed by atoms with Gasteiger partial charge in [-0.25, -0.2) is 0 Å². The molecule has 3 aromatic rings. The Morgan fingerprint density at radius 2 is 1.48 bits per heavy atom. The summed E-state index contributed by atoms with van der Waals surface area (Å²) in [6.45, 7) is 0. The van der Waals surface area contributed by atoms with E-state index in [2.05, 4.69) is 21.2 Å². The van der Waals surface area contributed by atoms with E-state index in [1.54, 1.807) is 13.2 Å². The fraction of sp³-hybridized carbons (Fsp3) is 0.0952. The molecule has 0 spiro atoms. The van der Waals surface area contributed by atoms with Crippen molar-refractivity contribution >= 4 is 21.8 Å². The molecular weight excluding hydrogens is 378 g/mol.